The van der Waals surface area contributed by atoms with Gasteiger partial charge in [0.25, 0.3) is 11.1 Å². The maximum absolute atomic E-state index is 12.4. The summed E-state index contributed by atoms with van der Waals surface area (Å²) < 4.78 is 1.19. The Hall–Kier alpha value is -2.41. The van der Waals surface area contributed by atoms with Crippen molar-refractivity contribution in [1.82, 2.24) is 15.1 Å². The first-order valence-corrected chi connectivity index (χ1v) is 8.19. The highest BCUT2D eigenvalue weighted by atomic mass is 16.2. The van der Waals surface area contributed by atoms with Gasteiger partial charge in [-0.3, -0.25) is 19.5 Å². The van der Waals surface area contributed by atoms with Gasteiger partial charge in [-0.05, 0) is 25.0 Å². The maximum atomic E-state index is 12.4. The van der Waals surface area contributed by atoms with Crippen molar-refractivity contribution in [2.24, 2.45) is 5.73 Å². The Kier molecular flexibility index (Phi) is 5.56. The quantitative estimate of drug-likeness (QED) is 0.693. The number of nitrogens with zero attached hydrogens (tertiary/aromatic N) is 1. The summed E-state index contributed by atoms with van der Waals surface area (Å²) in [4.78, 5) is 36.6. The number of aromatic nitrogens is 2. The predicted molar refractivity (Wildman–Crippen MR) is 94.0 cm³/mol. The number of hydrogen-bond acceptors (Lipinski definition) is 4. The van der Waals surface area contributed by atoms with Crippen molar-refractivity contribution < 1.29 is 4.79 Å². The lowest BCUT2D eigenvalue weighted by Crippen LogP contribution is -2.53. The molecule has 24 heavy (non-hydrogen) atoms. The van der Waals surface area contributed by atoms with E-state index in [4.69, 9.17) is 5.73 Å². The van der Waals surface area contributed by atoms with Crippen LogP contribution in [-0.4, -0.2) is 27.8 Å². The Morgan fingerprint density at radius 2 is 1.83 bits per heavy atom. The number of nitrogens with two attached hydrogens (primary N) is 1. The van der Waals surface area contributed by atoms with Crippen molar-refractivity contribution in [3.05, 3.63) is 45.0 Å². The van der Waals surface area contributed by atoms with E-state index in [1.54, 1.807) is 24.3 Å². The molecule has 0 saturated heterocycles. The van der Waals surface area contributed by atoms with Gasteiger partial charge in [0.05, 0.1) is 22.9 Å². The van der Waals surface area contributed by atoms with E-state index in [2.05, 4.69) is 10.4 Å². The Morgan fingerprint density at radius 1 is 1.21 bits per heavy atom. The Labute approximate surface area is 139 Å². The predicted octanol–water partition coefficient (Wildman–Crippen LogP) is 0.714. The van der Waals surface area contributed by atoms with Crippen LogP contribution in [0.3, 0.4) is 0 Å². The molecular formula is C17H24N4O3. The van der Waals surface area contributed by atoms with Crippen LogP contribution in [0.2, 0.25) is 0 Å². The summed E-state index contributed by atoms with van der Waals surface area (Å²) in [5, 5.41) is 6.17. The second-order valence-corrected chi connectivity index (χ2v) is 5.93. The molecule has 0 unspecified atom stereocenters. The molecule has 0 radical (unpaired) electrons. The molecule has 130 valence electrons. The van der Waals surface area contributed by atoms with Gasteiger partial charge >= 0.3 is 0 Å². The Bertz CT molecular complexity index is 825. The minimum Gasteiger partial charge on any atom is -0.349 e. The SMILES string of the molecule is CCC(CC)(CN)NC(=O)CCn1[nH]c(=O)c2ccccc2c1=O. The highest BCUT2D eigenvalue weighted by Crippen LogP contribution is 2.13. The lowest BCUT2D eigenvalue weighted by molar-refractivity contribution is -0.123. The molecule has 7 heteroatoms. The van der Waals surface area contributed by atoms with Gasteiger partial charge in [-0.25, -0.2) is 4.68 Å². The first kappa shape index (κ1) is 17.9. The topological polar surface area (TPSA) is 110 Å². The second-order valence-electron chi connectivity index (χ2n) is 5.93. The monoisotopic (exact) mass is 332 g/mol. The van der Waals surface area contributed by atoms with Gasteiger partial charge in [0, 0.05) is 13.0 Å². The molecule has 0 aliphatic rings. The first-order valence-electron chi connectivity index (χ1n) is 8.19. The van der Waals surface area contributed by atoms with Crippen LogP contribution in [-0.2, 0) is 11.3 Å². The molecule has 0 aliphatic heterocycles. The summed E-state index contributed by atoms with van der Waals surface area (Å²) in [6, 6.07) is 6.62. The number of amides is 1. The molecule has 2 aromatic rings. The minimum absolute atomic E-state index is 0.0932. The molecule has 1 aromatic carbocycles. The second kappa shape index (κ2) is 7.44. The van der Waals surface area contributed by atoms with Crippen molar-refractivity contribution in [2.45, 2.75) is 45.2 Å². The van der Waals surface area contributed by atoms with Crippen LogP contribution >= 0.6 is 0 Å². The fraction of sp³-hybridized carbons (Fsp3) is 0.471. The van der Waals surface area contributed by atoms with Crippen LogP contribution in [0.1, 0.15) is 33.1 Å². The van der Waals surface area contributed by atoms with Crippen molar-refractivity contribution in [2.75, 3.05) is 6.54 Å². The minimum atomic E-state index is -0.418. The number of H-pyrrole nitrogens is 1. The van der Waals surface area contributed by atoms with E-state index in [-0.39, 0.29) is 30.0 Å². The van der Waals surface area contributed by atoms with Crippen molar-refractivity contribution >= 4 is 16.7 Å². The molecule has 0 saturated carbocycles. The molecule has 7 nitrogen and oxygen atoms in total. The van der Waals surface area contributed by atoms with Gasteiger partial charge in [0.2, 0.25) is 5.91 Å². The molecule has 0 fully saturated rings. The molecule has 0 bridgehead atoms. The van der Waals surface area contributed by atoms with Crippen LogP contribution in [0.4, 0.5) is 0 Å². The summed E-state index contributed by atoms with van der Waals surface area (Å²) in [5.41, 5.74) is 4.70. The number of rotatable bonds is 7. The Balaban J connectivity index is 2.17. The van der Waals surface area contributed by atoms with Gasteiger partial charge in [0.1, 0.15) is 0 Å². The molecular weight excluding hydrogens is 308 g/mol. The van der Waals surface area contributed by atoms with Gasteiger partial charge < -0.3 is 11.1 Å². The zero-order valence-electron chi connectivity index (χ0n) is 14.1. The standard InChI is InChI=1S/C17H24N4O3/c1-3-17(4-2,11-18)19-14(22)9-10-21-16(24)13-8-6-5-7-12(13)15(23)20-21/h5-8H,3-4,9-11,18H2,1-2H3,(H,19,22)(H,20,23). The van der Waals surface area contributed by atoms with Crippen LogP contribution in [0.5, 0.6) is 0 Å². The van der Waals surface area contributed by atoms with Gasteiger partial charge in [-0.1, -0.05) is 26.0 Å². The van der Waals surface area contributed by atoms with Crippen LogP contribution in [0, 0.1) is 0 Å². The first-order chi connectivity index (χ1) is 11.5. The van der Waals surface area contributed by atoms with E-state index in [0.717, 1.165) is 12.8 Å². The third-order valence-electron chi connectivity index (χ3n) is 4.60. The van der Waals surface area contributed by atoms with Crippen LogP contribution in [0.25, 0.3) is 10.8 Å². The molecule has 2 rings (SSSR count). The summed E-state index contributed by atoms with van der Waals surface area (Å²) in [6.45, 7) is 4.42. The molecule has 0 spiro atoms. The summed E-state index contributed by atoms with van der Waals surface area (Å²) in [6.07, 6.45) is 1.56. The zero-order chi connectivity index (χ0) is 17.7. The smallest absolute Gasteiger partial charge is 0.273 e. The van der Waals surface area contributed by atoms with E-state index in [9.17, 15) is 14.4 Å². The molecule has 4 N–H and O–H groups in total. The largest absolute Gasteiger partial charge is 0.349 e. The van der Waals surface area contributed by atoms with Crippen molar-refractivity contribution in [3.8, 4) is 0 Å². The number of carbonyl (C=O) groups excluding carboxylic acids is 1. The van der Waals surface area contributed by atoms with Crippen LogP contribution < -0.4 is 22.2 Å². The van der Waals surface area contributed by atoms with Crippen molar-refractivity contribution in [1.29, 1.82) is 0 Å². The summed E-state index contributed by atoms with van der Waals surface area (Å²) in [7, 11) is 0. The van der Waals surface area contributed by atoms with Gasteiger partial charge in [0.15, 0.2) is 0 Å². The van der Waals surface area contributed by atoms with E-state index in [1.807, 2.05) is 13.8 Å². The zero-order valence-corrected chi connectivity index (χ0v) is 14.1. The Morgan fingerprint density at radius 3 is 2.42 bits per heavy atom. The number of aryl methyl sites for hydroxylation is 1. The fourth-order valence-corrected chi connectivity index (χ4v) is 2.74. The third-order valence-corrected chi connectivity index (χ3v) is 4.60. The van der Waals surface area contributed by atoms with Crippen LogP contribution in [0.15, 0.2) is 33.9 Å². The van der Waals surface area contributed by atoms with Crippen molar-refractivity contribution in [3.63, 3.8) is 0 Å². The maximum Gasteiger partial charge on any atom is 0.273 e. The summed E-state index contributed by atoms with van der Waals surface area (Å²) in [5.74, 6) is -0.190. The number of benzene rings is 1. The molecule has 0 aliphatic carbocycles. The molecule has 1 heterocycles. The fourth-order valence-electron chi connectivity index (χ4n) is 2.74. The number of hydrogen-bond donors (Lipinski definition) is 3. The number of carbonyl (C=O) groups is 1. The third kappa shape index (κ3) is 3.56. The molecule has 1 amide bonds. The average Bonchev–Trinajstić information content (AvgIpc) is 2.61. The normalized spacial score (nSPS) is 11.6. The average molecular weight is 332 g/mol. The lowest BCUT2D eigenvalue weighted by atomic mass is 9.93. The van der Waals surface area contributed by atoms with E-state index < -0.39 is 5.54 Å². The lowest BCUT2D eigenvalue weighted by Gasteiger charge is -2.31. The molecule has 0 atom stereocenters. The van der Waals surface area contributed by atoms with Gasteiger partial charge in [-0.15, -0.1) is 0 Å². The van der Waals surface area contributed by atoms with E-state index >= 15 is 0 Å². The number of aromatic amines is 1. The van der Waals surface area contributed by atoms with E-state index in [0.29, 0.717) is 17.3 Å². The van der Waals surface area contributed by atoms with E-state index in [1.165, 1.54) is 4.68 Å². The number of nitrogens with one attached hydrogen (secondary N) is 2. The highest BCUT2D eigenvalue weighted by Gasteiger charge is 2.26. The van der Waals surface area contributed by atoms with Gasteiger partial charge in [-0.2, -0.15) is 0 Å². The molecule has 1 aromatic heterocycles. The summed E-state index contributed by atoms with van der Waals surface area (Å²) >= 11 is 0. The number of fused-ring (bicyclic) bond motifs is 1. The highest BCUT2D eigenvalue weighted by molar-refractivity contribution is 5.80.